The summed E-state index contributed by atoms with van der Waals surface area (Å²) in [5, 5.41) is 5.35. The summed E-state index contributed by atoms with van der Waals surface area (Å²) in [6.45, 7) is 8.15. The summed E-state index contributed by atoms with van der Waals surface area (Å²) < 4.78 is 0. The Morgan fingerprint density at radius 2 is 1.52 bits per heavy atom. The molecule has 2 N–H and O–H groups in total. The molecule has 0 saturated heterocycles. The summed E-state index contributed by atoms with van der Waals surface area (Å²) in [5.41, 5.74) is 5.80. The molecule has 0 atom stereocenters. The Hall–Kier alpha value is -2.62. The van der Waals surface area contributed by atoms with Gasteiger partial charge in [-0.15, -0.1) is 0 Å². The lowest BCUT2D eigenvalue weighted by atomic mass is 10.1. The van der Waals surface area contributed by atoms with Gasteiger partial charge in [0.25, 0.3) is 0 Å². The Morgan fingerprint density at radius 1 is 0.870 bits per heavy atom. The molecule has 0 saturated carbocycles. The molecule has 23 heavy (non-hydrogen) atoms. The summed E-state index contributed by atoms with van der Waals surface area (Å²) in [5.74, 6) is -1.28. The van der Waals surface area contributed by atoms with E-state index in [1.807, 2.05) is 64.1 Å². The van der Waals surface area contributed by atoms with Crippen LogP contribution in [0.3, 0.4) is 0 Å². The van der Waals surface area contributed by atoms with Crippen LogP contribution >= 0.6 is 0 Å². The molecule has 0 radical (unpaired) electrons. The molecule has 0 aliphatic rings. The maximum Gasteiger partial charge on any atom is 0.313 e. The average Bonchev–Trinajstić information content (AvgIpc) is 2.48. The fourth-order valence-corrected chi connectivity index (χ4v) is 2.63. The van der Waals surface area contributed by atoms with Crippen LogP contribution in [0.2, 0.25) is 0 Å². The molecule has 2 aromatic rings. The number of anilines is 1. The van der Waals surface area contributed by atoms with E-state index in [9.17, 15) is 9.59 Å². The van der Waals surface area contributed by atoms with E-state index in [-0.39, 0.29) is 0 Å². The summed E-state index contributed by atoms with van der Waals surface area (Å²) in [6, 6.07) is 11.8. The van der Waals surface area contributed by atoms with Crippen molar-refractivity contribution in [1.82, 2.24) is 5.32 Å². The monoisotopic (exact) mass is 310 g/mol. The van der Waals surface area contributed by atoms with Gasteiger partial charge in [-0.25, -0.2) is 0 Å². The van der Waals surface area contributed by atoms with Crippen molar-refractivity contribution in [3.05, 3.63) is 64.2 Å². The maximum atomic E-state index is 12.1. The molecule has 0 unspecified atom stereocenters. The van der Waals surface area contributed by atoms with Gasteiger partial charge < -0.3 is 10.6 Å². The normalized spacial score (nSPS) is 10.3. The van der Waals surface area contributed by atoms with Crippen molar-refractivity contribution in [2.24, 2.45) is 0 Å². The van der Waals surface area contributed by atoms with Crippen LogP contribution in [0.5, 0.6) is 0 Å². The van der Waals surface area contributed by atoms with Crippen molar-refractivity contribution in [2.75, 3.05) is 5.32 Å². The van der Waals surface area contributed by atoms with Gasteiger partial charge in [0.05, 0.1) is 0 Å². The first-order valence-corrected chi connectivity index (χ1v) is 7.59. The molecule has 0 aliphatic heterocycles. The van der Waals surface area contributed by atoms with Crippen LogP contribution in [-0.2, 0) is 16.1 Å². The van der Waals surface area contributed by atoms with Gasteiger partial charge in [-0.05, 0) is 44.4 Å². The van der Waals surface area contributed by atoms with Crippen LogP contribution in [0.4, 0.5) is 5.69 Å². The Bertz CT molecular complexity index is 728. The standard InChI is InChI=1S/C19H22N2O2/c1-12-6-5-7-16(10-12)11-20-18(22)19(23)21-17-14(3)8-13(2)9-15(17)4/h5-10H,11H2,1-4H3,(H,20,22)(H,21,23). The van der Waals surface area contributed by atoms with Crippen LogP contribution < -0.4 is 10.6 Å². The number of carbonyl (C=O) groups excluding carboxylic acids is 2. The van der Waals surface area contributed by atoms with Crippen LogP contribution in [0.25, 0.3) is 0 Å². The van der Waals surface area contributed by atoms with Gasteiger partial charge >= 0.3 is 11.8 Å². The van der Waals surface area contributed by atoms with Crippen LogP contribution in [0.15, 0.2) is 36.4 Å². The highest BCUT2D eigenvalue weighted by atomic mass is 16.2. The second-order valence-corrected chi connectivity index (χ2v) is 5.90. The van der Waals surface area contributed by atoms with Crippen molar-refractivity contribution in [1.29, 1.82) is 0 Å². The first-order valence-electron chi connectivity index (χ1n) is 7.59. The topological polar surface area (TPSA) is 58.2 Å². The number of benzene rings is 2. The molecular formula is C19H22N2O2. The summed E-state index contributed by atoms with van der Waals surface area (Å²) >= 11 is 0. The van der Waals surface area contributed by atoms with Crippen molar-refractivity contribution in [2.45, 2.75) is 34.2 Å². The Labute approximate surface area is 136 Å². The highest BCUT2D eigenvalue weighted by Crippen LogP contribution is 2.21. The average molecular weight is 310 g/mol. The van der Waals surface area contributed by atoms with Crippen molar-refractivity contribution in [3.63, 3.8) is 0 Å². The minimum atomic E-state index is -0.646. The van der Waals surface area contributed by atoms with E-state index in [0.29, 0.717) is 12.2 Å². The number of nitrogens with one attached hydrogen (secondary N) is 2. The van der Waals surface area contributed by atoms with Crippen molar-refractivity contribution in [3.8, 4) is 0 Å². The highest BCUT2D eigenvalue weighted by Gasteiger charge is 2.15. The number of aryl methyl sites for hydroxylation is 4. The molecular weight excluding hydrogens is 288 g/mol. The molecule has 0 aromatic heterocycles. The lowest BCUT2D eigenvalue weighted by Crippen LogP contribution is -2.35. The Balaban J connectivity index is 1.99. The fraction of sp³-hybridized carbons (Fsp3) is 0.263. The van der Waals surface area contributed by atoms with Gasteiger partial charge in [0, 0.05) is 12.2 Å². The van der Waals surface area contributed by atoms with Gasteiger partial charge in [0.1, 0.15) is 0 Å². The molecule has 2 aromatic carbocycles. The molecule has 4 nitrogen and oxygen atoms in total. The quantitative estimate of drug-likeness (QED) is 0.856. The van der Waals surface area contributed by atoms with E-state index in [1.165, 1.54) is 0 Å². The van der Waals surface area contributed by atoms with E-state index in [2.05, 4.69) is 10.6 Å². The van der Waals surface area contributed by atoms with Gasteiger partial charge in [-0.1, -0.05) is 47.5 Å². The van der Waals surface area contributed by atoms with E-state index < -0.39 is 11.8 Å². The third-order valence-electron chi connectivity index (χ3n) is 3.66. The van der Waals surface area contributed by atoms with Crippen LogP contribution in [-0.4, -0.2) is 11.8 Å². The first kappa shape index (κ1) is 16.7. The largest absolute Gasteiger partial charge is 0.344 e. The molecule has 0 aliphatic carbocycles. The fourth-order valence-electron chi connectivity index (χ4n) is 2.63. The van der Waals surface area contributed by atoms with Gasteiger partial charge in [0.15, 0.2) is 0 Å². The molecule has 2 rings (SSSR count). The summed E-state index contributed by atoms with van der Waals surface area (Å²) in [7, 11) is 0. The second kappa shape index (κ2) is 7.09. The molecule has 0 heterocycles. The van der Waals surface area contributed by atoms with Gasteiger partial charge in [-0.2, -0.15) is 0 Å². The predicted octanol–water partition coefficient (Wildman–Crippen LogP) is 3.18. The zero-order chi connectivity index (χ0) is 17.0. The zero-order valence-electron chi connectivity index (χ0n) is 14.0. The van der Waals surface area contributed by atoms with E-state index in [4.69, 9.17) is 0 Å². The smallest absolute Gasteiger partial charge is 0.313 e. The number of hydrogen-bond donors (Lipinski definition) is 2. The Morgan fingerprint density at radius 3 is 2.13 bits per heavy atom. The van der Waals surface area contributed by atoms with Gasteiger partial charge in [-0.3, -0.25) is 9.59 Å². The number of carbonyl (C=O) groups is 2. The number of hydrogen-bond acceptors (Lipinski definition) is 2. The van der Waals surface area contributed by atoms with Crippen molar-refractivity contribution >= 4 is 17.5 Å². The third kappa shape index (κ3) is 4.42. The maximum absolute atomic E-state index is 12.1. The second-order valence-electron chi connectivity index (χ2n) is 5.90. The molecule has 0 fully saturated rings. The lowest BCUT2D eigenvalue weighted by Gasteiger charge is -2.13. The molecule has 120 valence electrons. The summed E-state index contributed by atoms with van der Waals surface area (Å²) in [6.07, 6.45) is 0. The first-order chi connectivity index (χ1) is 10.9. The third-order valence-corrected chi connectivity index (χ3v) is 3.66. The minimum absolute atomic E-state index is 0.333. The Kier molecular flexibility index (Phi) is 5.16. The van der Waals surface area contributed by atoms with E-state index in [0.717, 1.165) is 27.8 Å². The minimum Gasteiger partial charge on any atom is -0.344 e. The van der Waals surface area contributed by atoms with E-state index in [1.54, 1.807) is 0 Å². The van der Waals surface area contributed by atoms with Crippen molar-refractivity contribution < 1.29 is 9.59 Å². The SMILES string of the molecule is Cc1cccc(CNC(=O)C(=O)Nc2c(C)cc(C)cc2C)c1. The molecule has 2 amide bonds. The predicted molar refractivity (Wildman–Crippen MR) is 92.3 cm³/mol. The van der Waals surface area contributed by atoms with E-state index >= 15 is 0 Å². The zero-order valence-corrected chi connectivity index (χ0v) is 14.0. The lowest BCUT2D eigenvalue weighted by molar-refractivity contribution is -0.136. The molecule has 0 spiro atoms. The highest BCUT2D eigenvalue weighted by molar-refractivity contribution is 6.39. The molecule has 0 bridgehead atoms. The van der Waals surface area contributed by atoms with Crippen LogP contribution in [0, 0.1) is 27.7 Å². The number of rotatable bonds is 3. The number of amides is 2. The molecule has 4 heteroatoms. The van der Waals surface area contributed by atoms with Gasteiger partial charge in [0.2, 0.25) is 0 Å². The summed E-state index contributed by atoms with van der Waals surface area (Å²) in [4.78, 5) is 24.0. The van der Waals surface area contributed by atoms with Crippen LogP contribution in [0.1, 0.15) is 27.8 Å².